The summed E-state index contributed by atoms with van der Waals surface area (Å²) in [5, 5.41) is 18.7. The number of aromatic hydroxyl groups is 1. The van der Waals surface area contributed by atoms with Gasteiger partial charge in [-0.1, -0.05) is 12.8 Å². The minimum atomic E-state index is -0.813. The fraction of sp³-hybridized carbons (Fsp3) is 0.750. The zero-order valence-electron chi connectivity index (χ0n) is 23.2. The van der Waals surface area contributed by atoms with Crippen LogP contribution >= 0.6 is 0 Å². The van der Waals surface area contributed by atoms with E-state index in [0.717, 1.165) is 44.9 Å². The summed E-state index contributed by atoms with van der Waals surface area (Å²) in [6.07, 6.45) is 8.66. The predicted octanol–water partition coefficient (Wildman–Crippen LogP) is 1.75. The topological polar surface area (TPSA) is 164 Å². The summed E-state index contributed by atoms with van der Waals surface area (Å²) in [4.78, 5) is 56.3. The van der Waals surface area contributed by atoms with Crippen LogP contribution in [-0.4, -0.2) is 74.2 Å². The molecule has 2 spiro atoms. The van der Waals surface area contributed by atoms with Gasteiger partial charge in [-0.2, -0.15) is 0 Å². The Morgan fingerprint density at radius 2 is 1.70 bits per heavy atom. The van der Waals surface area contributed by atoms with Crippen molar-refractivity contribution in [1.82, 2.24) is 18.9 Å². The maximum absolute atomic E-state index is 13.6. The number of imide groups is 1. The highest BCUT2D eigenvalue weighted by Crippen LogP contribution is 2.62. The molecule has 0 aromatic carbocycles. The summed E-state index contributed by atoms with van der Waals surface area (Å²) in [6, 6.07) is -0.623. The molecule has 1 aromatic rings. The number of urea groups is 1. The standard InChI is InChI=1S/C28H40N6O6/c1-31-24(37)28(33(25(31)38)13-18-8-11-40-14-18)15-27(16-28)9-6-19(7-10-27)34-23(36)20(21(29)30)22(35)32(26(34)39)12-17-4-2-3-5-17/h17-19,35H,2-16H2,1H3,(H3,29,30)/t18-,19?,27?,28?/m1/s1. The van der Waals surface area contributed by atoms with E-state index >= 15 is 0 Å². The highest BCUT2D eigenvalue weighted by molar-refractivity contribution is 6.07. The Morgan fingerprint density at radius 3 is 2.30 bits per heavy atom. The summed E-state index contributed by atoms with van der Waals surface area (Å²) >= 11 is 0. The van der Waals surface area contributed by atoms with Crippen molar-refractivity contribution >= 4 is 17.8 Å². The number of amidine groups is 1. The lowest BCUT2D eigenvalue weighted by Gasteiger charge is -2.58. The number of rotatable bonds is 6. The first kappa shape index (κ1) is 27.0. The third kappa shape index (κ3) is 4.09. The molecule has 3 heterocycles. The molecule has 12 nitrogen and oxygen atoms in total. The van der Waals surface area contributed by atoms with Crippen molar-refractivity contribution in [3.63, 3.8) is 0 Å². The summed E-state index contributed by atoms with van der Waals surface area (Å²) in [5.74, 6) is -0.736. The molecule has 2 saturated heterocycles. The molecule has 2 aliphatic heterocycles. The Kier molecular flexibility index (Phi) is 6.59. The smallest absolute Gasteiger partial charge is 0.334 e. The molecule has 1 aromatic heterocycles. The van der Waals surface area contributed by atoms with Crippen LogP contribution in [0.25, 0.3) is 0 Å². The summed E-state index contributed by atoms with van der Waals surface area (Å²) in [7, 11) is 1.56. The van der Waals surface area contributed by atoms with Gasteiger partial charge in [0, 0.05) is 38.7 Å². The van der Waals surface area contributed by atoms with E-state index in [9.17, 15) is 24.3 Å². The van der Waals surface area contributed by atoms with Crippen LogP contribution in [0.2, 0.25) is 0 Å². The first-order valence-corrected chi connectivity index (χ1v) is 14.7. The summed E-state index contributed by atoms with van der Waals surface area (Å²) in [6.45, 7) is 2.10. The van der Waals surface area contributed by atoms with E-state index in [4.69, 9.17) is 15.9 Å². The van der Waals surface area contributed by atoms with Gasteiger partial charge in [0.2, 0.25) is 5.88 Å². The minimum absolute atomic E-state index is 0.130. The number of nitrogens with one attached hydrogen (secondary N) is 1. The average molecular weight is 557 g/mol. The van der Waals surface area contributed by atoms with Gasteiger partial charge in [0.15, 0.2) is 0 Å². The number of carbonyl (C=O) groups excluding carboxylic acids is 2. The van der Waals surface area contributed by atoms with Crippen molar-refractivity contribution in [2.45, 2.75) is 88.8 Å². The molecule has 6 rings (SSSR count). The Bertz CT molecular complexity index is 1340. The Morgan fingerprint density at radius 1 is 1.02 bits per heavy atom. The molecule has 3 saturated carbocycles. The molecule has 218 valence electrons. The van der Waals surface area contributed by atoms with E-state index in [1.165, 1.54) is 14.0 Å². The number of hydrogen-bond donors (Lipinski definition) is 3. The van der Waals surface area contributed by atoms with Gasteiger partial charge in [-0.05, 0) is 69.1 Å². The van der Waals surface area contributed by atoms with Crippen LogP contribution in [-0.2, 0) is 16.1 Å². The van der Waals surface area contributed by atoms with Gasteiger partial charge >= 0.3 is 11.7 Å². The van der Waals surface area contributed by atoms with E-state index in [1.807, 2.05) is 0 Å². The van der Waals surface area contributed by atoms with E-state index in [-0.39, 0.29) is 40.8 Å². The Labute approximate surface area is 232 Å². The molecule has 4 N–H and O–H groups in total. The minimum Gasteiger partial charge on any atom is -0.494 e. The highest BCUT2D eigenvalue weighted by Gasteiger charge is 2.68. The van der Waals surface area contributed by atoms with Crippen molar-refractivity contribution in [2.75, 3.05) is 26.8 Å². The first-order chi connectivity index (χ1) is 19.1. The highest BCUT2D eigenvalue weighted by atomic mass is 16.5. The number of nitrogens with zero attached hydrogens (tertiary/aromatic N) is 4. The van der Waals surface area contributed by atoms with Gasteiger partial charge in [0.1, 0.15) is 16.9 Å². The van der Waals surface area contributed by atoms with Crippen LogP contribution in [0, 0.1) is 22.7 Å². The van der Waals surface area contributed by atoms with Gasteiger partial charge in [0.05, 0.1) is 6.61 Å². The Hall–Kier alpha value is -3.15. The number of likely N-dealkylation sites (N-methyl/N-ethyl adjacent to an activating group) is 1. The molecule has 3 aliphatic carbocycles. The van der Waals surface area contributed by atoms with Gasteiger partial charge in [-0.15, -0.1) is 0 Å². The zero-order valence-corrected chi connectivity index (χ0v) is 23.2. The molecule has 5 aliphatic rings. The third-order valence-corrected chi connectivity index (χ3v) is 10.5. The third-order valence-electron chi connectivity index (χ3n) is 10.5. The van der Waals surface area contributed by atoms with Crippen LogP contribution in [0.1, 0.15) is 82.2 Å². The fourth-order valence-corrected chi connectivity index (χ4v) is 8.31. The SMILES string of the molecule is CN1C(=O)N(C[C@H]2CCOC2)C2(CC3(CCC(n4c(=O)c(C(=N)N)c(O)n(CC5CCCC5)c4=O)CC3)C2)C1=O. The average Bonchev–Trinajstić information content (AvgIpc) is 3.64. The molecule has 0 bridgehead atoms. The number of ether oxygens (including phenoxy) is 1. The van der Waals surface area contributed by atoms with Crippen molar-refractivity contribution in [1.29, 1.82) is 5.41 Å². The monoisotopic (exact) mass is 556 g/mol. The molecule has 1 atom stereocenters. The number of aromatic nitrogens is 2. The fourth-order valence-electron chi connectivity index (χ4n) is 8.31. The van der Waals surface area contributed by atoms with E-state index < -0.39 is 28.5 Å². The molecule has 0 unspecified atom stereocenters. The van der Waals surface area contributed by atoms with Crippen molar-refractivity contribution in [2.24, 2.45) is 23.0 Å². The lowest BCUT2D eigenvalue weighted by Crippen LogP contribution is -2.64. The van der Waals surface area contributed by atoms with Gasteiger partial charge in [-0.3, -0.25) is 29.0 Å². The van der Waals surface area contributed by atoms with Crippen molar-refractivity contribution in [3.05, 3.63) is 26.4 Å². The number of nitrogen functional groups attached to an aromatic ring is 1. The van der Waals surface area contributed by atoms with Crippen LogP contribution in [0.5, 0.6) is 5.88 Å². The van der Waals surface area contributed by atoms with E-state index in [0.29, 0.717) is 52.0 Å². The second-order valence-corrected chi connectivity index (χ2v) is 12.9. The lowest BCUT2D eigenvalue weighted by molar-refractivity contribution is -0.150. The molecular formula is C28H40N6O6. The molecule has 5 fully saturated rings. The van der Waals surface area contributed by atoms with Crippen molar-refractivity contribution in [3.8, 4) is 5.88 Å². The van der Waals surface area contributed by atoms with E-state index in [1.54, 1.807) is 11.9 Å². The van der Waals surface area contributed by atoms with Crippen molar-refractivity contribution < 1.29 is 19.4 Å². The van der Waals surface area contributed by atoms with Crippen LogP contribution < -0.4 is 17.0 Å². The first-order valence-electron chi connectivity index (χ1n) is 14.7. The molecule has 0 radical (unpaired) electrons. The van der Waals surface area contributed by atoms with Crippen LogP contribution in [0.4, 0.5) is 4.79 Å². The summed E-state index contributed by atoms with van der Waals surface area (Å²) in [5.41, 5.74) is 3.19. The second-order valence-electron chi connectivity index (χ2n) is 12.9. The molecular weight excluding hydrogens is 516 g/mol. The van der Waals surface area contributed by atoms with Gasteiger partial charge < -0.3 is 20.5 Å². The maximum atomic E-state index is 13.6. The molecule has 12 heteroatoms. The normalized spacial score (nSPS) is 32.5. The number of carbonyl (C=O) groups is 2. The maximum Gasteiger partial charge on any atom is 0.334 e. The zero-order chi connectivity index (χ0) is 28.4. The quantitative estimate of drug-likeness (QED) is 0.273. The molecule has 40 heavy (non-hydrogen) atoms. The van der Waals surface area contributed by atoms with Crippen LogP contribution in [0.15, 0.2) is 9.59 Å². The number of amides is 3. The van der Waals surface area contributed by atoms with Crippen LogP contribution in [0.3, 0.4) is 0 Å². The lowest BCUT2D eigenvalue weighted by atomic mass is 9.51. The Balaban J connectivity index is 1.22. The summed E-state index contributed by atoms with van der Waals surface area (Å²) < 4.78 is 7.95. The number of nitrogens with two attached hydrogens (primary N) is 1. The predicted molar refractivity (Wildman–Crippen MR) is 145 cm³/mol. The van der Waals surface area contributed by atoms with Gasteiger partial charge in [0.25, 0.3) is 11.5 Å². The van der Waals surface area contributed by atoms with E-state index in [2.05, 4.69) is 0 Å². The molecule has 3 amide bonds. The second kappa shape index (κ2) is 9.74. The number of hydrogen-bond acceptors (Lipinski definition) is 7. The van der Waals surface area contributed by atoms with Gasteiger partial charge in [-0.25, -0.2) is 9.59 Å². The largest absolute Gasteiger partial charge is 0.494 e.